The molecule has 5 nitrogen and oxygen atoms in total. The molecule has 0 radical (unpaired) electrons. The van der Waals surface area contributed by atoms with Gasteiger partial charge in [0.15, 0.2) is 11.3 Å². The van der Waals surface area contributed by atoms with E-state index >= 15 is 0 Å². The van der Waals surface area contributed by atoms with Crippen LogP contribution in [0.4, 0.5) is 5.69 Å². The van der Waals surface area contributed by atoms with Gasteiger partial charge in [-0.1, -0.05) is 12.1 Å². The Balaban J connectivity index is 1.40. The number of hydrogen-bond acceptors (Lipinski definition) is 5. The molecule has 1 aliphatic heterocycles. The first-order valence-corrected chi connectivity index (χ1v) is 8.54. The van der Waals surface area contributed by atoms with Crippen molar-refractivity contribution in [1.29, 1.82) is 0 Å². The van der Waals surface area contributed by atoms with E-state index in [2.05, 4.69) is 21.9 Å². The van der Waals surface area contributed by atoms with Gasteiger partial charge in [-0.3, -0.25) is 4.90 Å². The van der Waals surface area contributed by atoms with Crippen LogP contribution in [-0.4, -0.2) is 43.3 Å². The van der Waals surface area contributed by atoms with Crippen LogP contribution in [0.2, 0.25) is 0 Å². The fraction of sp³-hybridized carbons (Fsp3) is 0.300. The fourth-order valence-electron chi connectivity index (χ4n) is 3.38. The average molecular weight is 338 g/mol. The van der Waals surface area contributed by atoms with Crippen LogP contribution in [0.3, 0.4) is 0 Å². The number of anilines is 1. The lowest BCUT2D eigenvalue weighted by atomic mass is 10.1. The number of piperazine rings is 1. The third-order valence-electron chi connectivity index (χ3n) is 4.88. The van der Waals surface area contributed by atoms with Gasteiger partial charge in [-0.05, 0) is 30.3 Å². The van der Waals surface area contributed by atoms with Crippen molar-refractivity contribution >= 4 is 16.7 Å². The number of phenols is 1. The Morgan fingerprint density at radius 1 is 1.00 bits per heavy atom. The van der Waals surface area contributed by atoms with Crippen molar-refractivity contribution in [3.63, 3.8) is 0 Å². The fourth-order valence-corrected chi connectivity index (χ4v) is 3.38. The summed E-state index contributed by atoms with van der Waals surface area (Å²) in [6.45, 7) is 4.59. The van der Waals surface area contributed by atoms with Crippen molar-refractivity contribution in [1.82, 2.24) is 4.90 Å². The molecule has 0 spiro atoms. The maximum Gasteiger partial charge on any atom is 0.175 e. The molecule has 5 heteroatoms. The predicted octanol–water partition coefficient (Wildman–Crippen LogP) is 3.47. The zero-order chi connectivity index (χ0) is 17.2. The van der Waals surface area contributed by atoms with E-state index in [0.717, 1.165) is 49.4 Å². The minimum absolute atomic E-state index is 0.264. The molecular formula is C20H22N2O3. The minimum Gasteiger partial charge on any atom is -0.504 e. The summed E-state index contributed by atoms with van der Waals surface area (Å²) in [7, 11) is 1.68. The molecule has 0 unspecified atom stereocenters. The van der Waals surface area contributed by atoms with Gasteiger partial charge in [0.1, 0.15) is 5.75 Å². The quantitative estimate of drug-likeness (QED) is 0.789. The minimum atomic E-state index is 0.264. The molecule has 0 saturated carbocycles. The highest BCUT2D eigenvalue weighted by atomic mass is 16.5. The molecule has 0 aliphatic carbocycles. The van der Waals surface area contributed by atoms with Crippen LogP contribution in [0, 0.1) is 0 Å². The number of methoxy groups -OCH3 is 1. The van der Waals surface area contributed by atoms with E-state index in [1.807, 2.05) is 30.3 Å². The second-order valence-corrected chi connectivity index (χ2v) is 6.37. The van der Waals surface area contributed by atoms with E-state index in [4.69, 9.17) is 9.15 Å². The molecule has 2 aromatic carbocycles. The number of hydrogen-bond donors (Lipinski definition) is 1. The molecule has 1 N–H and O–H groups in total. The summed E-state index contributed by atoms with van der Waals surface area (Å²) in [5.74, 6) is 1.14. The summed E-state index contributed by atoms with van der Waals surface area (Å²) in [5, 5.41) is 11.3. The Bertz CT molecular complexity index is 849. The molecule has 0 bridgehead atoms. The summed E-state index contributed by atoms with van der Waals surface area (Å²) in [6, 6.07) is 14.1. The zero-order valence-corrected chi connectivity index (χ0v) is 14.3. The lowest BCUT2D eigenvalue weighted by Gasteiger charge is -2.36. The van der Waals surface area contributed by atoms with Crippen molar-refractivity contribution < 1.29 is 14.3 Å². The Hall–Kier alpha value is -2.66. The summed E-state index contributed by atoms with van der Waals surface area (Å²) < 4.78 is 10.6. The molecule has 0 atom stereocenters. The number of fused-ring (bicyclic) bond motifs is 1. The molecule has 130 valence electrons. The van der Waals surface area contributed by atoms with E-state index in [0.29, 0.717) is 5.58 Å². The molecule has 1 saturated heterocycles. The van der Waals surface area contributed by atoms with E-state index in [1.165, 1.54) is 5.69 Å². The first kappa shape index (κ1) is 15.8. The molecular weight excluding hydrogens is 316 g/mol. The largest absolute Gasteiger partial charge is 0.504 e. The van der Waals surface area contributed by atoms with Gasteiger partial charge in [0, 0.05) is 49.4 Å². The average Bonchev–Trinajstić information content (AvgIpc) is 3.14. The molecule has 1 aromatic heterocycles. The van der Waals surface area contributed by atoms with Crippen LogP contribution in [0.25, 0.3) is 11.0 Å². The molecule has 1 fully saturated rings. The summed E-state index contributed by atoms with van der Waals surface area (Å²) in [5.41, 5.74) is 2.72. The summed E-state index contributed by atoms with van der Waals surface area (Å²) >= 11 is 0. The van der Waals surface area contributed by atoms with Crippen LogP contribution in [0.1, 0.15) is 5.56 Å². The van der Waals surface area contributed by atoms with Gasteiger partial charge in [0.2, 0.25) is 0 Å². The van der Waals surface area contributed by atoms with Gasteiger partial charge in [-0.25, -0.2) is 0 Å². The number of ether oxygens (including phenoxy) is 1. The van der Waals surface area contributed by atoms with E-state index in [-0.39, 0.29) is 5.75 Å². The number of rotatable bonds is 4. The van der Waals surface area contributed by atoms with Crippen molar-refractivity contribution in [2.45, 2.75) is 6.54 Å². The third kappa shape index (κ3) is 3.15. The maximum absolute atomic E-state index is 10.4. The van der Waals surface area contributed by atoms with Crippen molar-refractivity contribution in [3.8, 4) is 11.5 Å². The second kappa shape index (κ2) is 6.69. The lowest BCUT2D eigenvalue weighted by molar-refractivity contribution is 0.247. The summed E-state index contributed by atoms with van der Waals surface area (Å²) in [6.07, 6.45) is 1.61. The lowest BCUT2D eigenvalue weighted by Crippen LogP contribution is -2.45. The number of benzene rings is 2. The molecule has 4 rings (SSSR count). The number of furan rings is 1. The Morgan fingerprint density at radius 2 is 1.76 bits per heavy atom. The number of nitrogens with zero attached hydrogens (tertiary/aromatic N) is 2. The number of phenolic OH excluding ortho intramolecular Hbond substituents is 1. The Morgan fingerprint density at radius 3 is 2.48 bits per heavy atom. The van der Waals surface area contributed by atoms with Crippen LogP contribution in [-0.2, 0) is 6.54 Å². The smallest absolute Gasteiger partial charge is 0.175 e. The molecule has 0 amide bonds. The Labute approximate surface area is 147 Å². The third-order valence-corrected chi connectivity index (χ3v) is 4.88. The van der Waals surface area contributed by atoms with Gasteiger partial charge >= 0.3 is 0 Å². The summed E-state index contributed by atoms with van der Waals surface area (Å²) in [4.78, 5) is 4.75. The normalized spacial score (nSPS) is 15.6. The van der Waals surface area contributed by atoms with Crippen LogP contribution in [0.5, 0.6) is 11.5 Å². The molecule has 2 heterocycles. The van der Waals surface area contributed by atoms with Gasteiger partial charge < -0.3 is 19.2 Å². The Kier molecular flexibility index (Phi) is 4.24. The van der Waals surface area contributed by atoms with Gasteiger partial charge in [-0.2, -0.15) is 0 Å². The van der Waals surface area contributed by atoms with E-state index < -0.39 is 0 Å². The van der Waals surface area contributed by atoms with E-state index in [1.54, 1.807) is 13.4 Å². The second-order valence-electron chi connectivity index (χ2n) is 6.37. The van der Waals surface area contributed by atoms with Crippen molar-refractivity contribution in [2.24, 2.45) is 0 Å². The van der Waals surface area contributed by atoms with E-state index in [9.17, 15) is 5.11 Å². The predicted molar refractivity (Wildman–Crippen MR) is 98.4 cm³/mol. The van der Waals surface area contributed by atoms with Crippen molar-refractivity contribution in [2.75, 3.05) is 38.2 Å². The first-order valence-electron chi connectivity index (χ1n) is 8.54. The molecule has 1 aliphatic rings. The number of aromatic hydroxyl groups is 1. The van der Waals surface area contributed by atoms with Gasteiger partial charge in [0.25, 0.3) is 0 Å². The highest BCUT2D eigenvalue weighted by Gasteiger charge is 2.19. The highest BCUT2D eigenvalue weighted by molar-refractivity contribution is 5.84. The topological polar surface area (TPSA) is 49.1 Å². The first-order chi connectivity index (χ1) is 12.2. The highest BCUT2D eigenvalue weighted by Crippen LogP contribution is 2.30. The SMILES string of the molecule is COc1ccc(N2CCN(Cc3ccc4ccoc4c3O)CC2)cc1. The van der Waals surface area contributed by atoms with Gasteiger partial charge in [0.05, 0.1) is 13.4 Å². The zero-order valence-electron chi connectivity index (χ0n) is 14.3. The van der Waals surface area contributed by atoms with Gasteiger partial charge in [-0.15, -0.1) is 0 Å². The molecule has 3 aromatic rings. The molecule has 25 heavy (non-hydrogen) atoms. The van der Waals surface area contributed by atoms with Crippen LogP contribution >= 0.6 is 0 Å². The van der Waals surface area contributed by atoms with Crippen molar-refractivity contribution in [3.05, 3.63) is 54.3 Å². The maximum atomic E-state index is 10.4. The van der Waals surface area contributed by atoms with Crippen LogP contribution < -0.4 is 9.64 Å². The standard InChI is InChI=1S/C20H22N2O3/c1-24-18-6-4-17(5-7-18)22-11-9-21(10-12-22)14-16-3-2-15-8-13-25-20(15)19(16)23/h2-8,13,23H,9-12,14H2,1H3. The monoisotopic (exact) mass is 338 g/mol. The van der Waals surface area contributed by atoms with Crippen LogP contribution in [0.15, 0.2) is 53.1 Å².